The van der Waals surface area contributed by atoms with Gasteiger partial charge in [0, 0.05) is 29.6 Å². The highest BCUT2D eigenvalue weighted by atomic mass is 16.5. The standard InChI is InChI=1S/C19H25N3O4/c1-19(2,3)22-18(23)12-7-14(11-20-10-12)21-13-8-15(24-4)17(26-6)16(9-13)25-5/h7-11,21H,1-6H3,(H,22,23). The Balaban J connectivity index is 2.29. The van der Waals surface area contributed by atoms with E-state index in [1.54, 1.807) is 45.7 Å². The van der Waals surface area contributed by atoms with Crippen LogP contribution >= 0.6 is 0 Å². The summed E-state index contributed by atoms with van der Waals surface area (Å²) in [5.74, 6) is 1.39. The number of carbonyl (C=O) groups excluding carboxylic acids is 1. The molecule has 2 N–H and O–H groups in total. The minimum Gasteiger partial charge on any atom is -0.493 e. The van der Waals surface area contributed by atoms with Gasteiger partial charge in [0.2, 0.25) is 5.75 Å². The third kappa shape index (κ3) is 4.78. The number of aromatic nitrogens is 1. The molecule has 140 valence electrons. The van der Waals surface area contributed by atoms with E-state index in [1.165, 1.54) is 6.20 Å². The first kappa shape index (κ1) is 19.4. The van der Waals surface area contributed by atoms with Gasteiger partial charge in [0.25, 0.3) is 5.91 Å². The number of nitrogens with one attached hydrogen (secondary N) is 2. The van der Waals surface area contributed by atoms with E-state index in [0.29, 0.717) is 28.5 Å². The van der Waals surface area contributed by atoms with E-state index < -0.39 is 0 Å². The molecular weight excluding hydrogens is 334 g/mol. The molecule has 7 heteroatoms. The lowest BCUT2D eigenvalue weighted by Gasteiger charge is -2.20. The topological polar surface area (TPSA) is 81.7 Å². The molecule has 1 heterocycles. The molecule has 0 unspecified atom stereocenters. The molecule has 0 aliphatic rings. The predicted molar refractivity (Wildman–Crippen MR) is 101 cm³/mol. The number of ether oxygens (including phenoxy) is 3. The molecule has 0 saturated heterocycles. The molecule has 0 fully saturated rings. The quantitative estimate of drug-likeness (QED) is 0.823. The molecule has 0 radical (unpaired) electrons. The molecule has 2 aromatic rings. The average molecular weight is 359 g/mol. The lowest BCUT2D eigenvalue weighted by molar-refractivity contribution is 0.0919. The van der Waals surface area contributed by atoms with Crippen molar-refractivity contribution in [1.29, 1.82) is 0 Å². The van der Waals surface area contributed by atoms with E-state index in [4.69, 9.17) is 14.2 Å². The Morgan fingerprint density at radius 1 is 0.923 bits per heavy atom. The highest BCUT2D eigenvalue weighted by molar-refractivity contribution is 5.95. The second kappa shape index (κ2) is 7.95. The minimum absolute atomic E-state index is 0.182. The minimum atomic E-state index is -0.322. The molecule has 0 atom stereocenters. The Hall–Kier alpha value is -2.96. The van der Waals surface area contributed by atoms with Crippen LogP contribution in [0.25, 0.3) is 0 Å². The summed E-state index contributed by atoms with van der Waals surface area (Å²) in [4.78, 5) is 16.5. The Morgan fingerprint density at radius 2 is 1.54 bits per heavy atom. The number of nitrogens with zero attached hydrogens (tertiary/aromatic N) is 1. The molecule has 26 heavy (non-hydrogen) atoms. The van der Waals surface area contributed by atoms with Crippen molar-refractivity contribution < 1.29 is 19.0 Å². The lowest BCUT2D eigenvalue weighted by atomic mass is 10.1. The molecule has 2 rings (SSSR count). The van der Waals surface area contributed by atoms with Crippen LogP contribution in [0.4, 0.5) is 11.4 Å². The van der Waals surface area contributed by atoms with Gasteiger partial charge in [0.05, 0.1) is 38.8 Å². The van der Waals surface area contributed by atoms with Gasteiger partial charge in [-0.3, -0.25) is 9.78 Å². The second-order valence-electron chi connectivity index (χ2n) is 6.71. The van der Waals surface area contributed by atoms with Crippen LogP contribution in [0.2, 0.25) is 0 Å². The van der Waals surface area contributed by atoms with E-state index in [2.05, 4.69) is 15.6 Å². The van der Waals surface area contributed by atoms with Gasteiger partial charge in [-0.15, -0.1) is 0 Å². The molecule has 0 saturated carbocycles. The number of methoxy groups -OCH3 is 3. The summed E-state index contributed by atoms with van der Waals surface area (Å²) in [6.07, 6.45) is 3.17. The highest BCUT2D eigenvalue weighted by Gasteiger charge is 2.17. The number of benzene rings is 1. The SMILES string of the molecule is COc1cc(Nc2cncc(C(=O)NC(C)(C)C)c2)cc(OC)c1OC. The van der Waals surface area contributed by atoms with Crippen LogP contribution in [-0.4, -0.2) is 37.8 Å². The molecule has 7 nitrogen and oxygen atoms in total. The van der Waals surface area contributed by atoms with Gasteiger partial charge in [-0.1, -0.05) is 0 Å². The van der Waals surface area contributed by atoms with Crippen LogP contribution in [0.1, 0.15) is 31.1 Å². The summed E-state index contributed by atoms with van der Waals surface area (Å²) < 4.78 is 16.0. The Kier molecular flexibility index (Phi) is 5.92. The summed E-state index contributed by atoms with van der Waals surface area (Å²) in [5.41, 5.74) is 1.53. The van der Waals surface area contributed by atoms with E-state index in [1.807, 2.05) is 20.8 Å². The molecule has 1 amide bonds. The number of hydrogen-bond donors (Lipinski definition) is 2. The van der Waals surface area contributed by atoms with Crippen LogP contribution in [0.5, 0.6) is 17.2 Å². The van der Waals surface area contributed by atoms with E-state index in [9.17, 15) is 4.79 Å². The van der Waals surface area contributed by atoms with Crippen molar-refractivity contribution in [2.45, 2.75) is 26.3 Å². The zero-order valence-corrected chi connectivity index (χ0v) is 16.0. The first-order valence-corrected chi connectivity index (χ1v) is 8.12. The van der Waals surface area contributed by atoms with Gasteiger partial charge in [0.15, 0.2) is 11.5 Å². The molecule has 1 aromatic heterocycles. The number of amides is 1. The van der Waals surface area contributed by atoms with Crippen molar-refractivity contribution in [3.8, 4) is 17.2 Å². The summed E-state index contributed by atoms with van der Waals surface area (Å²) in [6.45, 7) is 5.78. The maximum absolute atomic E-state index is 12.3. The number of carbonyl (C=O) groups is 1. The number of anilines is 2. The van der Waals surface area contributed by atoms with Gasteiger partial charge in [0.1, 0.15) is 0 Å². The summed E-state index contributed by atoms with van der Waals surface area (Å²) in [7, 11) is 4.66. The monoisotopic (exact) mass is 359 g/mol. The fourth-order valence-electron chi connectivity index (χ4n) is 2.37. The normalized spacial score (nSPS) is 10.8. The highest BCUT2D eigenvalue weighted by Crippen LogP contribution is 2.40. The van der Waals surface area contributed by atoms with Crippen molar-refractivity contribution in [2.24, 2.45) is 0 Å². The average Bonchev–Trinajstić information content (AvgIpc) is 2.59. The number of rotatable bonds is 6. The third-order valence-corrected chi connectivity index (χ3v) is 3.44. The Bertz CT molecular complexity index is 760. The van der Waals surface area contributed by atoms with Gasteiger partial charge in [-0.25, -0.2) is 0 Å². The number of pyridine rings is 1. The zero-order valence-electron chi connectivity index (χ0n) is 16.0. The van der Waals surface area contributed by atoms with Crippen LogP contribution in [0.3, 0.4) is 0 Å². The van der Waals surface area contributed by atoms with Crippen molar-refractivity contribution in [3.63, 3.8) is 0 Å². The van der Waals surface area contributed by atoms with Crippen LogP contribution in [-0.2, 0) is 0 Å². The van der Waals surface area contributed by atoms with Crippen molar-refractivity contribution >= 4 is 17.3 Å². The molecular formula is C19H25N3O4. The molecule has 1 aromatic carbocycles. The van der Waals surface area contributed by atoms with Crippen molar-refractivity contribution in [3.05, 3.63) is 36.2 Å². The summed E-state index contributed by atoms with van der Waals surface area (Å²) in [6, 6.07) is 5.30. The molecule has 0 aliphatic carbocycles. The van der Waals surface area contributed by atoms with E-state index in [-0.39, 0.29) is 11.4 Å². The number of hydrogen-bond acceptors (Lipinski definition) is 6. The fraction of sp³-hybridized carbons (Fsp3) is 0.368. The van der Waals surface area contributed by atoms with Crippen LogP contribution < -0.4 is 24.8 Å². The molecule has 0 bridgehead atoms. The summed E-state index contributed by atoms with van der Waals surface area (Å²) in [5, 5.41) is 6.12. The fourth-order valence-corrected chi connectivity index (χ4v) is 2.37. The van der Waals surface area contributed by atoms with Crippen molar-refractivity contribution in [1.82, 2.24) is 10.3 Å². The predicted octanol–water partition coefficient (Wildman–Crippen LogP) is 3.38. The largest absolute Gasteiger partial charge is 0.493 e. The van der Waals surface area contributed by atoms with Gasteiger partial charge in [-0.2, -0.15) is 0 Å². The van der Waals surface area contributed by atoms with Gasteiger partial charge < -0.3 is 24.8 Å². The second-order valence-corrected chi connectivity index (χ2v) is 6.71. The Labute approximate surface area is 153 Å². The smallest absolute Gasteiger partial charge is 0.253 e. The Morgan fingerprint density at radius 3 is 2.04 bits per heavy atom. The van der Waals surface area contributed by atoms with Gasteiger partial charge >= 0.3 is 0 Å². The molecule has 0 aliphatic heterocycles. The maximum atomic E-state index is 12.3. The summed E-state index contributed by atoms with van der Waals surface area (Å²) >= 11 is 0. The van der Waals surface area contributed by atoms with Crippen molar-refractivity contribution in [2.75, 3.05) is 26.6 Å². The molecule has 0 spiro atoms. The first-order valence-electron chi connectivity index (χ1n) is 8.12. The maximum Gasteiger partial charge on any atom is 0.253 e. The van der Waals surface area contributed by atoms with Crippen LogP contribution in [0.15, 0.2) is 30.6 Å². The van der Waals surface area contributed by atoms with Gasteiger partial charge in [-0.05, 0) is 26.8 Å². The lowest BCUT2D eigenvalue weighted by Crippen LogP contribution is -2.40. The zero-order chi connectivity index (χ0) is 19.3. The first-order chi connectivity index (χ1) is 12.3. The van der Waals surface area contributed by atoms with Crippen LogP contribution in [0, 0.1) is 0 Å². The third-order valence-electron chi connectivity index (χ3n) is 3.44. The van der Waals surface area contributed by atoms with E-state index >= 15 is 0 Å². The van der Waals surface area contributed by atoms with E-state index in [0.717, 1.165) is 5.69 Å².